The Hall–Kier alpha value is 0.813. The second kappa shape index (κ2) is 9.18. The topological polar surface area (TPSA) is 37.3 Å². The molecule has 0 aromatic heterocycles. The SMILES string of the molecule is O=[PH2]O.[Zn]. The predicted octanol–water partition coefficient (Wildman–Crippen LogP) is -0.353. The summed E-state index contributed by atoms with van der Waals surface area (Å²) in [4.78, 5) is 7.10. The van der Waals surface area contributed by atoms with Gasteiger partial charge >= 0.3 is 0 Å². The van der Waals surface area contributed by atoms with Crippen LogP contribution in [-0.2, 0) is 24.0 Å². The van der Waals surface area contributed by atoms with Crippen LogP contribution in [0, 0.1) is 0 Å². The molecule has 0 aromatic rings. The summed E-state index contributed by atoms with van der Waals surface area (Å²) >= 11 is 0. The molecule has 1 unspecified atom stereocenters. The average molecular weight is 131 g/mol. The summed E-state index contributed by atoms with van der Waals surface area (Å²) in [6.45, 7) is 0. The van der Waals surface area contributed by atoms with Crippen LogP contribution in [0.15, 0.2) is 0 Å². The molecule has 0 aromatic carbocycles. The Balaban J connectivity index is 0. The van der Waals surface area contributed by atoms with E-state index in [1.165, 1.54) is 0 Å². The van der Waals surface area contributed by atoms with E-state index in [0.29, 0.717) is 0 Å². The Kier molecular flexibility index (Phi) is 20.3. The molecule has 0 bridgehead atoms. The van der Waals surface area contributed by atoms with Crippen LogP contribution in [0.2, 0.25) is 0 Å². The molecule has 0 heterocycles. The Morgan fingerprint density at radius 2 is 1.75 bits per heavy atom. The largest absolute Gasteiger partial charge is 0.348 e. The van der Waals surface area contributed by atoms with Gasteiger partial charge in [-0.05, 0) is 0 Å². The minimum Gasteiger partial charge on any atom is -0.348 e. The van der Waals surface area contributed by atoms with Crippen LogP contribution in [0.3, 0.4) is 0 Å². The Labute approximate surface area is 38.3 Å². The Morgan fingerprint density at radius 1 is 1.75 bits per heavy atom. The van der Waals surface area contributed by atoms with Crippen LogP contribution in [0.4, 0.5) is 0 Å². The van der Waals surface area contributed by atoms with Gasteiger partial charge in [0.05, 0.1) is 0 Å². The summed E-state index contributed by atoms with van der Waals surface area (Å²) in [5, 5.41) is 0. The van der Waals surface area contributed by atoms with Gasteiger partial charge in [0.15, 0.2) is 8.69 Å². The third-order valence-corrected chi connectivity index (χ3v) is 0. The van der Waals surface area contributed by atoms with Crippen molar-refractivity contribution >= 4 is 8.69 Å². The number of hydrogen-bond donors (Lipinski definition) is 1. The molecule has 0 radical (unpaired) electrons. The standard InChI is InChI=1S/H3O2P.Zn/c1-3-2;/h3H2,(H,1,2);. The van der Waals surface area contributed by atoms with E-state index in [2.05, 4.69) is 0 Å². The second-order valence-corrected chi connectivity index (χ2v) is 0.316. The zero-order chi connectivity index (χ0) is 2.71. The maximum absolute atomic E-state index is 8.57. The molecule has 0 aliphatic carbocycles. The smallest absolute Gasteiger partial charge is 0.177 e. The quantitative estimate of drug-likeness (QED) is 0.360. The van der Waals surface area contributed by atoms with Gasteiger partial charge in [0.2, 0.25) is 0 Å². The molecule has 0 saturated heterocycles. The fraction of sp³-hybridized carbons (Fsp3) is 0. The van der Waals surface area contributed by atoms with Crippen LogP contribution in [0.1, 0.15) is 0 Å². The van der Waals surface area contributed by atoms with E-state index in [1.54, 1.807) is 0 Å². The summed E-state index contributed by atoms with van der Waals surface area (Å²) < 4.78 is 8.57. The molecule has 4 heteroatoms. The molecule has 0 spiro atoms. The van der Waals surface area contributed by atoms with Gasteiger partial charge in [0.1, 0.15) is 0 Å². The van der Waals surface area contributed by atoms with E-state index in [1.807, 2.05) is 0 Å². The predicted molar refractivity (Wildman–Crippen MR) is 12.6 cm³/mol. The molecule has 1 atom stereocenters. The Morgan fingerprint density at radius 3 is 1.75 bits per heavy atom. The molecule has 0 fully saturated rings. The first kappa shape index (κ1) is 8.84. The first-order chi connectivity index (χ1) is 1.41. The maximum atomic E-state index is 8.57. The molecular weight excluding hydrogens is 128 g/mol. The summed E-state index contributed by atoms with van der Waals surface area (Å²) in [5.41, 5.74) is 0. The van der Waals surface area contributed by atoms with Crippen molar-refractivity contribution in [1.29, 1.82) is 0 Å². The molecule has 1 N–H and O–H groups in total. The van der Waals surface area contributed by atoms with E-state index in [4.69, 9.17) is 9.46 Å². The molecule has 0 saturated carbocycles. The van der Waals surface area contributed by atoms with Crippen molar-refractivity contribution in [3.8, 4) is 0 Å². The van der Waals surface area contributed by atoms with Gasteiger partial charge in [-0.25, -0.2) is 0 Å². The van der Waals surface area contributed by atoms with E-state index >= 15 is 0 Å². The van der Waals surface area contributed by atoms with E-state index < -0.39 is 8.69 Å². The van der Waals surface area contributed by atoms with Crippen LogP contribution in [0.25, 0.3) is 0 Å². The van der Waals surface area contributed by atoms with Crippen LogP contribution in [-0.4, -0.2) is 4.89 Å². The van der Waals surface area contributed by atoms with Gasteiger partial charge in [-0.2, -0.15) is 0 Å². The van der Waals surface area contributed by atoms with E-state index in [0.717, 1.165) is 0 Å². The minimum absolute atomic E-state index is 0. The molecule has 0 aliphatic heterocycles. The van der Waals surface area contributed by atoms with Crippen molar-refractivity contribution in [2.45, 2.75) is 0 Å². The monoisotopic (exact) mass is 130 g/mol. The average Bonchev–Trinajstić information content (AvgIpc) is 0.918. The first-order valence-corrected chi connectivity index (χ1v) is 1.48. The third kappa shape index (κ3) is 14.0. The van der Waals surface area contributed by atoms with Gasteiger partial charge < -0.3 is 4.89 Å². The van der Waals surface area contributed by atoms with Crippen LogP contribution < -0.4 is 0 Å². The van der Waals surface area contributed by atoms with Crippen molar-refractivity contribution in [2.24, 2.45) is 0 Å². The van der Waals surface area contributed by atoms with E-state index in [-0.39, 0.29) is 19.5 Å². The molecule has 4 heavy (non-hydrogen) atoms. The number of hydrogen-bond acceptors (Lipinski definition) is 1. The van der Waals surface area contributed by atoms with Crippen molar-refractivity contribution in [3.05, 3.63) is 0 Å². The third-order valence-electron chi connectivity index (χ3n) is 0. The van der Waals surface area contributed by atoms with Gasteiger partial charge in [0.25, 0.3) is 0 Å². The minimum atomic E-state index is -1.50. The van der Waals surface area contributed by atoms with Gasteiger partial charge in [-0.3, -0.25) is 4.57 Å². The Bertz CT molecular complexity index is 13.5. The summed E-state index contributed by atoms with van der Waals surface area (Å²) in [6, 6.07) is 0. The van der Waals surface area contributed by atoms with Crippen molar-refractivity contribution in [1.82, 2.24) is 0 Å². The zero-order valence-electron chi connectivity index (χ0n) is 2.14. The van der Waals surface area contributed by atoms with E-state index in [9.17, 15) is 0 Å². The summed E-state index contributed by atoms with van der Waals surface area (Å²) in [5.74, 6) is 0. The molecule has 22 valence electrons. The molecular formula is H3O2PZn. The first-order valence-electron chi connectivity index (χ1n) is 0.494. The maximum Gasteiger partial charge on any atom is 0.177 e. The van der Waals surface area contributed by atoms with Gasteiger partial charge in [-0.15, -0.1) is 0 Å². The van der Waals surface area contributed by atoms with Gasteiger partial charge in [0, 0.05) is 19.5 Å². The second-order valence-electron chi connectivity index (χ2n) is 0.105. The summed E-state index contributed by atoms with van der Waals surface area (Å²) in [6.07, 6.45) is 0. The molecule has 2 nitrogen and oxygen atoms in total. The van der Waals surface area contributed by atoms with Crippen LogP contribution in [0.5, 0.6) is 0 Å². The molecule has 0 amide bonds. The zero-order valence-corrected chi connectivity index (χ0v) is 6.26. The van der Waals surface area contributed by atoms with Gasteiger partial charge in [-0.1, -0.05) is 0 Å². The normalized spacial score (nSPS) is 7.25. The van der Waals surface area contributed by atoms with Crippen molar-refractivity contribution in [3.63, 3.8) is 0 Å². The fourth-order valence-corrected chi connectivity index (χ4v) is 0. The summed E-state index contributed by atoms with van der Waals surface area (Å²) in [7, 11) is -1.50. The molecule has 0 aliphatic rings. The number of rotatable bonds is 0. The van der Waals surface area contributed by atoms with Crippen molar-refractivity contribution in [2.75, 3.05) is 0 Å². The van der Waals surface area contributed by atoms with Crippen molar-refractivity contribution < 1.29 is 28.9 Å². The molecule has 0 rings (SSSR count). The van der Waals surface area contributed by atoms with Crippen LogP contribution >= 0.6 is 8.69 Å². The fourth-order valence-electron chi connectivity index (χ4n) is 0.